The molecule has 0 saturated carbocycles. The number of rotatable bonds is 33. The van der Waals surface area contributed by atoms with Crippen LogP contribution in [0, 0.1) is 17.8 Å². The van der Waals surface area contributed by atoms with E-state index < -0.39 is 238 Å². The highest BCUT2D eigenvalue weighted by Gasteiger charge is 2.65. The number of carbonyl (C=O) groups is 3. The fraction of sp³-hybridized carbons (Fsp3) is 0.560. The molecule has 3 aliphatic rings. The van der Waals surface area contributed by atoms with Gasteiger partial charge in [-0.3, -0.25) is 71.0 Å². The van der Waals surface area contributed by atoms with Gasteiger partial charge in [-0.2, -0.15) is 0 Å². The van der Waals surface area contributed by atoms with Crippen LogP contribution in [0.1, 0.15) is 123 Å². The number of para-hydroxylation sites is 3. The molecule has 9 rings (SSSR count). The zero-order chi connectivity index (χ0) is 87.5. The predicted octanol–water partition coefficient (Wildman–Crippen LogP) is 6.45. The zero-order valence-electron chi connectivity index (χ0n) is 66.8. The molecule has 3 aromatic heterocycles. The Hall–Kier alpha value is -8.49. The van der Waals surface area contributed by atoms with Crippen molar-refractivity contribution in [3.8, 4) is 17.2 Å². The van der Waals surface area contributed by atoms with Crippen LogP contribution in [0.3, 0.4) is 0 Å². The van der Waals surface area contributed by atoms with Crippen LogP contribution in [0.5, 0.6) is 17.2 Å². The average Bonchev–Trinajstić information content (AvgIpc) is 1.60. The summed E-state index contributed by atoms with van der Waals surface area (Å²) in [6.45, 7) is 18.1. The molecular formula is C75H102F3N6O30P3. The van der Waals surface area contributed by atoms with Gasteiger partial charge in [0.05, 0.1) is 54.6 Å². The van der Waals surface area contributed by atoms with Crippen LogP contribution < -0.4 is 47.3 Å². The second-order valence-corrected chi connectivity index (χ2v) is 36.7. The van der Waals surface area contributed by atoms with Gasteiger partial charge in [-0.05, 0) is 119 Å². The Bertz CT molecular complexity index is 4420. The lowest BCUT2D eigenvalue weighted by Crippen LogP contribution is -2.54. The molecule has 4 unspecified atom stereocenters. The molecule has 0 amide bonds. The molecule has 0 aliphatic carbocycles. The van der Waals surface area contributed by atoms with Gasteiger partial charge in [-0.15, -0.1) is 0 Å². The lowest BCUT2D eigenvalue weighted by Gasteiger charge is -2.36. The van der Waals surface area contributed by atoms with Gasteiger partial charge in [0.15, 0.2) is 35.5 Å². The van der Waals surface area contributed by atoms with E-state index in [4.69, 9.17) is 55.6 Å². The molecule has 9 N–H and O–H groups in total. The van der Waals surface area contributed by atoms with Crippen molar-refractivity contribution in [2.45, 2.75) is 211 Å². The minimum absolute atomic E-state index is 0.173. The van der Waals surface area contributed by atoms with Crippen molar-refractivity contribution in [3.05, 3.63) is 190 Å². The first kappa shape index (κ1) is 95.6. The molecule has 36 nitrogen and oxygen atoms in total. The van der Waals surface area contributed by atoms with E-state index in [2.05, 4.69) is 0 Å². The van der Waals surface area contributed by atoms with E-state index in [0.29, 0.717) is 0 Å². The van der Waals surface area contributed by atoms with Crippen molar-refractivity contribution < 1.29 is 127 Å². The summed E-state index contributed by atoms with van der Waals surface area (Å²) in [5.41, 5.74) is -18.4. The van der Waals surface area contributed by atoms with Crippen molar-refractivity contribution in [2.75, 3.05) is 38.5 Å². The summed E-state index contributed by atoms with van der Waals surface area (Å²) in [4.78, 5) is 115. The molecule has 6 heterocycles. The lowest BCUT2D eigenvalue weighted by molar-refractivity contribution is -0.152. The van der Waals surface area contributed by atoms with Crippen molar-refractivity contribution in [1.29, 1.82) is 0 Å². The first-order valence-electron chi connectivity index (χ1n) is 36.9. The Kier molecular flexibility index (Phi) is 31.6. The van der Waals surface area contributed by atoms with Crippen LogP contribution in [0.4, 0.5) is 13.2 Å². The quantitative estimate of drug-likeness (QED) is 0.0121. The smallest absolute Gasteiger partial charge is 0.380 e. The first-order chi connectivity index (χ1) is 54.3. The molecule has 3 fully saturated rings. The predicted molar refractivity (Wildman–Crippen MR) is 412 cm³/mol. The maximum atomic E-state index is 14.2. The molecule has 42 heteroatoms. The highest BCUT2D eigenvalue weighted by atomic mass is 31.2. The Morgan fingerprint density at radius 3 is 0.812 bits per heavy atom. The molecule has 0 spiro atoms. The van der Waals surface area contributed by atoms with E-state index in [1.165, 1.54) is 98.7 Å². The van der Waals surface area contributed by atoms with Crippen LogP contribution >= 0.6 is 22.8 Å². The molecule has 117 heavy (non-hydrogen) atoms. The molecule has 648 valence electrons. The number of aromatic nitrogens is 6. The van der Waals surface area contributed by atoms with Gasteiger partial charge in [-0.1, -0.05) is 75.4 Å². The Balaban J connectivity index is 0.000000242. The normalized spacial score (nSPS) is 25.7. The number of carbonyl (C=O) groups excluding carboxylic acids is 3. The van der Waals surface area contributed by atoms with Gasteiger partial charge < -0.3 is 72.6 Å². The number of H-pyrrole nitrogens is 3. The second-order valence-electron chi connectivity index (χ2n) is 30.8. The molecule has 3 aromatic carbocycles. The highest BCUT2D eigenvalue weighted by Crippen LogP contribution is 2.59. The zero-order valence-corrected chi connectivity index (χ0v) is 69.5. The van der Waals surface area contributed by atoms with Crippen molar-refractivity contribution >= 4 is 40.7 Å². The second kappa shape index (κ2) is 38.7. The maximum Gasteiger partial charge on any atom is 0.380 e. The number of hydrogen-bond donors (Lipinski definition) is 9. The topological polar surface area (TPSA) is 499 Å². The lowest BCUT2D eigenvalue weighted by atomic mass is 9.88. The summed E-state index contributed by atoms with van der Waals surface area (Å²) in [5, 5.41) is 66.0. The highest BCUT2D eigenvalue weighted by molar-refractivity contribution is 7.55. The van der Waals surface area contributed by atoms with Gasteiger partial charge in [0.1, 0.15) is 90.7 Å². The third kappa shape index (κ3) is 23.5. The Morgan fingerprint density at radius 1 is 0.410 bits per heavy atom. The van der Waals surface area contributed by atoms with Crippen molar-refractivity contribution in [2.24, 2.45) is 17.8 Å². The molecule has 6 aromatic rings. The summed E-state index contributed by atoms with van der Waals surface area (Å²) < 4.78 is 155. The summed E-state index contributed by atoms with van der Waals surface area (Å²) in [6, 6.07) is 27.0. The van der Waals surface area contributed by atoms with Gasteiger partial charge in [-0.25, -0.2) is 41.3 Å². The number of aliphatic hydroxyl groups is 6. The number of hydrogen-bond acceptors (Lipinski definition) is 30. The van der Waals surface area contributed by atoms with Gasteiger partial charge >= 0.3 is 57.8 Å². The average molecular weight is 1720 g/mol. The largest absolute Gasteiger partial charge is 0.463 e. The molecule has 0 bridgehead atoms. The molecular weight excluding hydrogens is 1610 g/mol. The number of nitrogens with one attached hydrogen (secondary N) is 3. The monoisotopic (exact) mass is 1720 g/mol. The standard InChI is InChI=1S/3C25H34FN2O10P/c3*1-15(2)35-21(31)16(3)13-39(34,37-17-9-7-6-8-10-17)38-24(4,5)20-19(30)25(33,14-26)22(36-20)28-12-11-18(29)27-23(28)32/h3*6-12,15-16,19-20,22,30,33H,13-14H2,1-5H3,(H,27,29,32)/t16-,19+,20+,22-,25?,39?;16-,19+,20+,22-,25?,39+;16-,19+,20+,22-,25?,39-/m111/s1. The number of ether oxygens (including phenoxy) is 6. The summed E-state index contributed by atoms with van der Waals surface area (Å²) in [7, 11) is -12.7. The van der Waals surface area contributed by atoms with Crippen LogP contribution in [0.15, 0.2) is 157 Å². The first-order valence-corrected chi connectivity index (χ1v) is 42.1. The molecule has 3 saturated heterocycles. The summed E-state index contributed by atoms with van der Waals surface area (Å²) in [5.74, 6) is -4.17. The van der Waals surface area contributed by atoms with Crippen LogP contribution in [-0.4, -0.2) is 204 Å². The van der Waals surface area contributed by atoms with Gasteiger partial charge in [0.2, 0.25) is 0 Å². The van der Waals surface area contributed by atoms with Gasteiger partial charge in [0.25, 0.3) is 16.7 Å². The third-order valence-corrected chi connectivity index (χ3v) is 25.1. The number of aromatic amines is 3. The van der Waals surface area contributed by atoms with Crippen molar-refractivity contribution in [1.82, 2.24) is 28.7 Å². The minimum Gasteiger partial charge on any atom is -0.463 e. The fourth-order valence-electron chi connectivity index (χ4n) is 12.8. The molecule has 0 radical (unpaired) electrons. The van der Waals surface area contributed by atoms with E-state index in [0.717, 1.165) is 50.5 Å². The minimum atomic E-state index is -4.24. The Morgan fingerprint density at radius 2 is 0.624 bits per heavy atom. The molecule has 3 aliphatic heterocycles. The fourth-order valence-corrected chi connectivity index (χ4v) is 19.6. The number of aliphatic hydroxyl groups excluding tert-OH is 3. The third-order valence-electron chi connectivity index (χ3n) is 18.4. The number of benzene rings is 3. The van der Waals surface area contributed by atoms with Crippen molar-refractivity contribution in [3.63, 3.8) is 0 Å². The number of alkyl halides is 3. The van der Waals surface area contributed by atoms with Gasteiger partial charge in [0, 0.05) is 36.8 Å². The van der Waals surface area contributed by atoms with E-state index in [1.807, 2.05) is 15.0 Å². The van der Waals surface area contributed by atoms with E-state index in [1.54, 1.807) is 96.1 Å². The van der Waals surface area contributed by atoms with E-state index >= 15 is 0 Å². The summed E-state index contributed by atoms with van der Waals surface area (Å²) in [6.07, 6.45) is -15.4. The Labute approximate surface area is 669 Å². The number of halogens is 3. The van der Waals surface area contributed by atoms with Crippen LogP contribution in [0.2, 0.25) is 0 Å². The van der Waals surface area contributed by atoms with Crippen LogP contribution in [0.25, 0.3) is 0 Å². The number of esters is 3. The van der Waals surface area contributed by atoms with Crippen LogP contribution in [-0.2, 0) is 70.1 Å². The SMILES string of the molecule is CC(C)OC(=O)[C@H](C)CP(=O)(Oc1ccccc1)OC(C)(C)[C@H]1O[C@@H](n2ccc(=O)[nH]c2=O)C(O)(CF)[C@H]1O.CC(C)OC(=O)[C@H](C)C[P@@](=O)(Oc1ccccc1)OC(C)(C)[C@H]1O[C@@H](n2ccc(=O)[nH]c2=O)C(O)(CF)[C@H]1O.CC(C)OC(=O)[C@H](C)C[P@](=O)(Oc1ccccc1)OC(C)(C)[C@H]1O[C@@H](n2ccc(=O)[nH]c2=O)C(O)(CF)[C@H]1O. The summed E-state index contributed by atoms with van der Waals surface area (Å²) >= 11 is 0. The van der Waals surface area contributed by atoms with E-state index in [9.17, 15) is 101 Å². The number of nitrogens with zero attached hydrogens (tertiary/aromatic N) is 3. The molecule has 18 atom stereocenters. The maximum absolute atomic E-state index is 14.2. The van der Waals surface area contributed by atoms with E-state index in [-0.39, 0.29) is 17.2 Å².